The highest BCUT2D eigenvalue weighted by Crippen LogP contribution is 2.17. The molecule has 0 bridgehead atoms. The van der Waals surface area contributed by atoms with Crippen LogP contribution in [0.25, 0.3) is 0 Å². The smallest absolute Gasteiger partial charge is 0.0525 e. The minimum Gasteiger partial charge on any atom is -0.315 e. The highest BCUT2D eigenvalue weighted by Gasteiger charge is 2.19. The second-order valence-electron chi connectivity index (χ2n) is 2.80. The molecule has 0 atom stereocenters. The fraction of sp³-hybridized carbons (Fsp3) is 0.571. The molecule has 3 heteroatoms. The van der Waals surface area contributed by atoms with Crippen LogP contribution in [0.1, 0.15) is 11.5 Å². The molecule has 1 aliphatic heterocycles. The second-order valence-corrected chi connectivity index (χ2v) is 2.80. The second kappa shape index (κ2) is 2.09. The van der Waals surface area contributed by atoms with E-state index in [-0.39, 0.29) is 0 Å². The molecule has 0 saturated carbocycles. The van der Waals surface area contributed by atoms with Crippen LogP contribution in [0.5, 0.6) is 0 Å². The molecular weight excluding hydrogens is 126 g/mol. The third-order valence-electron chi connectivity index (χ3n) is 1.98. The van der Waals surface area contributed by atoms with E-state index in [1.807, 2.05) is 17.9 Å². The summed E-state index contributed by atoms with van der Waals surface area (Å²) in [6, 6.07) is 0. The summed E-state index contributed by atoms with van der Waals surface area (Å²) in [6.07, 6.45) is 4.04. The molecule has 10 heavy (non-hydrogen) atoms. The first-order valence-corrected chi connectivity index (χ1v) is 3.55. The van der Waals surface area contributed by atoms with Crippen LogP contribution in [0.2, 0.25) is 0 Å². The summed E-state index contributed by atoms with van der Waals surface area (Å²) in [7, 11) is 1.95. The van der Waals surface area contributed by atoms with Gasteiger partial charge in [-0.15, -0.1) is 0 Å². The molecule has 2 rings (SSSR count). The van der Waals surface area contributed by atoms with Crippen LogP contribution in [-0.4, -0.2) is 22.9 Å². The first kappa shape index (κ1) is 5.92. The number of hydrogen-bond acceptors (Lipinski definition) is 2. The summed E-state index contributed by atoms with van der Waals surface area (Å²) >= 11 is 0. The number of aryl methyl sites for hydroxylation is 1. The van der Waals surface area contributed by atoms with Crippen molar-refractivity contribution in [2.24, 2.45) is 7.05 Å². The predicted octanol–water partition coefficient (Wildman–Crippen LogP) is 0.107. The van der Waals surface area contributed by atoms with Gasteiger partial charge < -0.3 is 5.32 Å². The van der Waals surface area contributed by atoms with Gasteiger partial charge >= 0.3 is 0 Å². The van der Waals surface area contributed by atoms with E-state index in [4.69, 9.17) is 0 Å². The van der Waals surface area contributed by atoms with E-state index in [1.54, 1.807) is 0 Å². The van der Waals surface area contributed by atoms with E-state index in [0.29, 0.717) is 5.92 Å². The summed E-state index contributed by atoms with van der Waals surface area (Å²) in [5, 5.41) is 7.34. The van der Waals surface area contributed by atoms with E-state index in [9.17, 15) is 0 Å². The Morgan fingerprint density at radius 2 is 2.50 bits per heavy atom. The van der Waals surface area contributed by atoms with Crippen LogP contribution in [0, 0.1) is 0 Å². The number of aromatic nitrogens is 2. The number of hydrogen-bond donors (Lipinski definition) is 1. The molecular formula is C7H11N3. The minimum absolute atomic E-state index is 0.716. The molecule has 0 unspecified atom stereocenters. The van der Waals surface area contributed by atoms with Crippen molar-refractivity contribution in [3.8, 4) is 0 Å². The zero-order chi connectivity index (χ0) is 6.97. The zero-order valence-electron chi connectivity index (χ0n) is 6.04. The highest BCUT2D eigenvalue weighted by molar-refractivity contribution is 5.15. The molecule has 0 aromatic carbocycles. The van der Waals surface area contributed by atoms with Gasteiger partial charge in [0.15, 0.2) is 0 Å². The predicted molar refractivity (Wildman–Crippen MR) is 38.8 cm³/mol. The topological polar surface area (TPSA) is 29.9 Å². The van der Waals surface area contributed by atoms with Gasteiger partial charge in [-0.1, -0.05) is 0 Å². The Morgan fingerprint density at radius 1 is 1.70 bits per heavy atom. The van der Waals surface area contributed by atoms with Crippen molar-refractivity contribution in [2.45, 2.75) is 5.92 Å². The molecule has 1 aromatic rings. The third-order valence-corrected chi connectivity index (χ3v) is 1.98. The van der Waals surface area contributed by atoms with E-state index in [0.717, 1.165) is 13.1 Å². The number of rotatable bonds is 1. The Bertz CT molecular complexity index is 225. The van der Waals surface area contributed by atoms with E-state index in [1.165, 1.54) is 5.56 Å². The summed E-state index contributed by atoms with van der Waals surface area (Å²) in [6.45, 7) is 2.23. The van der Waals surface area contributed by atoms with Crippen LogP contribution in [0.4, 0.5) is 0 Å². The maximum atomic E-state index is 4.11. The van der Waals surface area contributed by atoms with E-state index in [2.05, 4.69) is 16.6 Å². The summed E-state index contributed by atoms with van der Waals surface area (Å²) in [5.41, 5.74) is 1.36. The first-order chi connectivity index (χ1) is 4.86. The van der Waals surface area contributed by atoms with Gasteiger partial charge in [0, 0.05) is 32.3 Å². The maximum absolute atomic E-state index is 4.11. The molecule has 0 amide bonds. The summed E-state index contributed by atoms with van der Waals surface area (Å²) < 4.78 is 1.85. The Labute approximate surface area is 60.0 Å². The van der Waals surface area contributed by atoms with Crippen LogP contribution in [-0.2, 0) is 7.05 Å². The van der Waals surface area contributed by atoms with Crippen molar-refractivity contribution in [3.63, 3.8) is 0 Å². The fourth-order valence-corrected chi connectivity index (χ4v) is 1.18. The average molecular weight is 137 g/mol. The molecule has 1 saturated heterocycles. The van der Waals surface area contributed by atoms with Crippen molar-refractivity contribution in [1.29, 1.82) is 0 Å². The van der Waals surface area contributed by atoms with Crippen molar-refractivity contribution < 1.29 is 0 Å². The Balaban J connectivity index is 2.17. The molecule has 54 valence electrons. The minimum atomic E-state index is 0.716. The Morgan fingerprint density at radius 3 is 2.90 bits per heavy atom. The monoisotopic (exact) mass is 137 g/mol. The SMILES string of the molecule is Cn1cc(C2CNC2)cn1. The standard InChI is InChI=1S/C7H11N3/c1-10-5-7(4-9-10)6-2-8-3-6/h4-6,8H,2-3H2,1H3. The lowest BCUT2D eigenvalue weighted by molar-refractivity contribution is 0.448. The van der Waals surface area contributed by atoms with Crippen molar-refractivity contribution in [1.82, 2.24) is 15.1 Å². The molecule has 1 aromatic heterocycles. The van der Waals surface area contributed by atoms with Crippen LogP contribution >= 0.6 is 0 Å². The first-order valence-electron chi connectivity index (χ1n) is 3.55. The van der Waals surface area contributed by atoms with Crippen molar-refractivity contribution >= 4 is 0 Å². The number of nitrogens with one attached hydrogen (secondary N) is 1. The van der Waals surface area contributed by atoms with E-state index < -0.39 is 0 Å². The molecule has 1 fully saturated rings. The molecule has 3 nitrogen and oxygen atoms in total. The summed E-state index contributed by atoms with van der Waals surface area (Å²) in [4.78, 5) is 0. The summed E-state index contributed by atoms with van der Waals surface area (Å²) in [5.74, 6) is 0.716. The highest BCUT2D eigenvalue weighted by atomic mass is 15.2. The van der Waals surface area contributed by atoms with Crippen molar-refractivity contribution in [2.75, 3.05) is 13.1 Å². The number of nitrogens with zero attached hydrogens (tertiary/aromatic N) is 2. The lowest BCUT2D eigenvalue weighted by atomic mass is 9.97. The van der Waals surface area contributed by atoms with Crippen LogP contribution in [0.15, 0.2) is 12.4 Å². The maximum Gasteiger partial charge on any atom is 0.0525 e. The molecule has 1 N–H and O–H groups in total. The quantitative estimate of drug-likeness (QED) is 0.595. The van der Waals surface area contributed by atoms with Gasteiger partial charge in [0.25, 0.3) is 0 Å². The average Bonchev–Trinajstić information content (AvgIpc) is 2.10. The Kier molecular flexibility index (Phi) is 1.24. The lowest BCUT2D eigenvalue weighted by Gasteiger charge is -2.25. The fourth-order valence-electron chi connectivity index (χ4n) is 1.18. The molecule has 1 aliphatic rings. The molecule has 0 aliphatic carbocycles. The Hall–Kier alpha value is -0.830. The normalized spacial score (nSPS) is 18.9. The third kappa shape index (κ3) is 0.827. The van der Waals surface area contributed by atoms with Crippen molar-refractivity contribution in [3.05, 3.63) is 18.0 Å². The van der Waals surface area contributed by atoms with Gasteiger partial charge in [-0.05, 0) is 5.56 Å². The van der Waals surface area contributed by atoms with E-state index >= 15 is 0 Å². The van der Waals surface area contributed by atoms with Crippen LogP contribution in [0.3, 0.4) is 0 Å². The lowest BCUT2D eigenvalue weighted by Crippen LogP contribution is -2.39. The zero-order valence-corrected chi connectivity index (χ0v) is 6.04. The van der Waals surface area contributed by atoms with Gasteiger partial charge in [-0.2, -0.15) is 5.10 Å². The van der Waals surface area contributed by atoms with Gasteiger partial charge in [-0.25, -0.2) is 0 Å². The molecule has 0 radical (unpaired) electrons. The van der Waals surface area contributed by atoms with Gasteiger partial charge in [0.1, 0.15) is 0 Å². The van der Waals surface area contributed by atoms with Gasteiger partial charge in [-0.3, -0.25) is 4.68 Å². The van der Waals surface area contributed by atoms with Gasteiger partial charge in [0.2, 0.25) is 0 Å². The largest absolute Gasteiger partial charge is 0.315 e. The molecule has 0 spiro atoms. The molecule has 2 heterocycles. The van der Waals surface area contributed by atoms with Crippen LogP contribution < -0.4 is 5.32 Å². The van der Waals surface area contributed by atoms with Gasteiger partial charge in [0.05, 0.1) is 6.20 Å².